The summed E-state index contributed by atoms with van der Waals surface area (Å²) in [4.78, 5) is 17.1. The van der Waals surface area contributed by atoms with Gasteiger partial charge in [-0.15, -0.1) is 13.2 Å². The molecule has 0 aliphatic carbocycles. The molecule has 0 unspecified atom stereocenters. The molecule has 2 aromatic carbocycles. The fourth-order valence-electron chi connectivity index (χ4n) is 3.21. The van der Waals surface area contributed by atoms with Crippen molar-refractivity contribution in [2.45, 2.75) is 33.1 Å². The minimum Gasteiger partial charge on any atom is -0.406 e. The molecular weight excluding hydrogens is 514 g/mol. The number of nitrogens with zero attached hydrogens (tertiary/aromatic N) is 1. The van der Waals surface area contributed by atoms with Crippen LogP contribution in [0.25, 0.3) is 6.08 Å². The fourth-order valence-corrected chi connectivity index (χ4v) is 3.33. The predicted octanol–water partition coefficient (Wildman–Crippen LogP) is 5.41. The highest BCUT2D eigenvalue weighted by Crippen LogP contribution is 2.26. The van der Waals surface area contributed by atoms with E-state index < -0.39 is 23.8 Å². The maximum Gasteiger partial charge on any atom is 0.573 e. The van der Waals surface area contributed by atoms with E-state index in [1.807, 2.05) is 0 Å². The van der Waals surface area contributed by atoms with Crippen LogP contribution in [0, 0.1) is 5.82 Å². The Morgan fingerprint density at radius 3 is 2.43 bits per heavy atom. The maximum absolute atomic E-state index is 14.6. The molecule has 0 radical (unpaired) electrons. The van der Waals surface area contributed by atoms with Crippen LogP contribution < -0.4 is 15.4 Å². The number of nitrogens with one attached hydrogen (secondary N) is 2. The number of ether oxygens (including phenoxy) is 1. The second-order valence-electron chi connectivity index (χ2n) is 7.97. The minimum absolute atomic E-state index is 0.0788. The molecule has 37 heavy (non-hydrogen) atoms. The first kappa shape index (κ1) is 29.9. The molecule has 1 amide bonds. The van der Waals surface area contributed by atoms with Gasteiger partial charge in [0.2, 0.25) is 0 Å². The molecule has 0 fully saturated rings. The van der Waals surface area contributed by atoms with Crippen LogP contribution in [-0.2, 0) is 11.2 Å². The van der Waals surface area contributed by atoms with E-state index >= 15 is 0 Å². The van der Waals surface area contributed by atoms with E-state index in [1.54, 1.807) is 44.3 Å². The number of aliphatic hydroxyl groups excluding tert-OH is 1. The average molecular weight is 542 g/mol. The van der Waals surface area contributed by atoms with Crippen LogP contribution in [0.1, 0.15) is 31.4 Å². The Morgan fingerprint density at radius 1 is 1.16 bits per heavy atom. The highest BCUT2D eigenvalue weighted by molar-refractivity contribution is 6.30. The molecule has 0 spiro atoms. The zero-order chi connectivity index (χ0) is 27.6. The van der Waals surface area contributed by atoms with Gasteiger partial charge in [-0.2, -0.15) is 0 Å². The standard InChI is InChI=1S/C26H28ClF4N3O3/c1-16(13-18-5-7-20(27)8-6-18)23(34-24(32-3)17(2)25(36)33-11-4-12-35)15-19-14-21(9-10-22(19)28)37-26(29,30)31/h5-10,13-14,32,35H,4,11-12,15H2,1-3H3,(H,33,36)/b16-13-,24-17+,34-23-. The number of hydrogen-bond donors (Lipinski definition) is 3. The molecule has 2 aromatic rings. The van der Waals surface area contributed by atoms with Crippen LogP contribution in [0.15, 0.2) is 64.4 Å². The van der Waals surface area contributed by atoms with Crippen molar-refractivity contribution in [3.8, 4) is 5.75 Å². The number of carbonyl (C=O) groups is 1. The first-order chi connectivity index (χ1) is 17.4. The molecule has 2 rings (SSSR count). The van der Waals surface area contributed by atoms with Gasteiger partial charge in [-0.05, 0) is 67.3 Å². The minimum atomic E-state index is -4.93. The van der Waals surface area contributed by atoms with Crippen LogP contribution >= 0.6 is 11.6 Å². The van der Waals surface area contributed by atoms with Gasteiger partial charge in [0.1, 0.15) is 17.4 Å². The van der Waals surface area contributed by atoms with E-state index in [4.69, 9.17) is 16.7 Å². The van der Waals surface area contributed by atoms with Crippen molar-refractivity contribution >= 4 is 29.3 Å². The topological polar surface area (TPSA) is 83.0 Å². The van der Waals surface area contributed by atoms with Crippen molar-refractivity contribution in [2.75, 3.05) is 20.2 Å². The third-order valence-corrected chi connectivity index (χ3v) is 5.37. The number of aliphatic hydroxyl groups is 1. The van der Waals surface area contributed by atoms with Gasteiger partial charge in [-0.25, -0.2) is 9.38 Å². The molecule has 11 heteroatoms. The quantitative estimate of drug-likeness (QED) is 0.154. The Kier molecular flexibility index (Phi) is 11.1. The summed E-state index contributed by atoms with van der Waals surface area (Å²) in [5.41, 5.74) is 1.78. The first-order valence-corrected chi connectivity index (χ1v) is 11.6. The molecule has 6 nitrogen and oxygen atoms in total. The average Bonchev–Trinajstić information content (AvgIpc) is 2.83. The summed E-state index contributed by atoms with van der Waals surface area (Å²) in [5, 5.41) is 15.0. The Hall–Kier alpha value is -3.37. The molecule has 0 saturated carbocycles. The van der Waals surface area contributed by atoms with E-state index in [1.165, 1.54) is 6.92 Å². The zero-order valence-corrected chi connectivity index (χ0v) is 21.3. The Balaban J connectivity index is 2.54. The third-order valence-electron chi connectivity index (χ3n) is 5.12. The van der Waals surface area contributed by atoms with E-state index in [0.717, 1.165) is 23.8 Å². The monoisotopic (exact) mass is 541 g/mol. The van der Waals surface area contributed by atoms with Gasteiger partial charge in [-0.1, -0.05) is 29.8 Å². The number of amides is 1. The lowest BCUT2D eigenvalue weighted by Gasteiger charge is -2.14. The molecule has 0 saturated heterocycles. The molecule has 0 aliphatic heterocycles. The number of alkyl halides is 3. The van der Waals surface area contributed by atoms with Gasteiger partial charge in [0.15, 0.2) is 0 Å². The SMILES string of the molecule is CNC(/N=C(Cc1cc(OC(F)(F)F)ccc1F)\C(C)=C/c1ccc(Cl)cc1)=C(/C)C(=O)NCCCO. The lowest BCUT2D eigenvalue weighted by Crippen LogP contribution is -2.28. The van der Waals surface area contributed by atoms with Crippen LogP contribution in [0.3, 0.4) is 0 Å². The highest BCUT2D eigenvalue weighted by atomic mass is 35.5. The number of aliphatic imine (C=N–C) groups is 1. The van der Waals surface area contributed by atoms with Crippen molar-refractivity contribution in [2.24, 2.45) is 4.99 Å². The summed E-state index contributed by atoms with van der Waals surface area (Å²) >= 11 is 5.95. The van der Waals surface area contributed by atoms with Gasteiger partial charge < -0.3 is 20.5 Å². The molecule has 0 heterocycles. The van der Waals surface area contributed by atoms with Crippen molar-refractivity contribution in [3.05, 3.63) is 81.4 Å². The fraction of sp³-hybridized carbons (Fsp3) is 0.308. The normalized spacial score (nSPS) is 13.2. The molecule has 0 aliphatic rings. The van der Waals surface area contributed by atoms with Gasteiger partial charge >= 0.3 is 6.36 Å². The maximum atomic E-state index is 14.6. The first-order valence-electron chi connectivity index (χ1n) is 11.3. The molecule has 200 valence electrons. The van der Waals surface area contributed by atoms with Crippen molar-refractivity contribution in [3.63, 3.8) is 0 Å². The van der Waals surface area contributed by atoms with Crippen molar-refractivity contribution in [1.29, 1.82) is 0 Å². The van der Waals surface area contributed by atoms with E-state index in [0.29, 0.717) is 22.7 Å². The van der Waals surface area contributed by atoms with Gasteiger partial charge in [0, 0.05) is 31.6 Å². The Bertz CT molecular complexity index is 1180. The van der Waals surface area contributed by atoms with Crippen LogP contribution in [-0.4, -0.2) is 43.3 Å². The number of allylic oxidation sites excluding steroid dienone is 1. The summed E-state index contributed by atoms with van der Waals surface area (Å²) < 4.78 is 56.7. The van der Waals surface area contributed by atoms with Crippen molar-refractivity contribution in [1.82, 2.24) is 10.6 Å². The molecule has 3 N–H and O–H groups in total. The van der Waals surface area contributed by atoms with Crippen LogP contribution in [0.5, 0.6) is 5.75 Å². The third kappa shape index (κ3) is 9.89. The van der Waals surface area contributed by atoms with Crippen LogP contribution in [0.4, 0.5) is 17.6 Å². The molecule has 0 bridgehead atoms. The van der Waals surface area contributed by atoms with E-state index in [2.05, 4.69) is 20.4 Å². The summed E-state index contributed by atoms with van der Waals surface area (Å²) in [7, 11) is 1.55. The summed E-state index contributed by atoms with van der Waals surface area (Å²) in [6.45, 7) is 3.43. The van der Waals surface area contributed by atoms with Crippen molar-refractivity contribution < 1.29 is 32.2 Å². The molecule has 0 atom stereocenters. The number of benzene rings is 2. The second kappa shape index (κ2) is 13.8. The van der Waals surface area contributed by atoms with E-state index in [-0.39, 0.29) is 36.5 Å². The summed E-state index contributed by atoms with van der Waals surface area (Å²) in [6.07, 6.45) is -2.99. The molecule has 0 aromatic heterocycles. The van der Waals surface area contributed by atoms with E-state index in [9.17, 15) is 22.4 Å². The summed E-state index contributed by atoms with van der Waals surface area (Å²) in [6, 6.07) is 9.64. The number of carbonyl (C=O) groups excluding carboxylic acids is 1. The number of rotatable bonds is 11. The van der Waals surface area contributed by atoms with Gasteiger partial charge in [0.25, 0.3) is 5.91 Å². The number of halogens is 5. The van der Waals surface area contributed by atoms with Gasteiger partial charge in [0.05, 0.1) is 11.3 Å². The largest absolute Gasteiger partial charge is 0.573 e. The zero-order valence-electron chi connectivity index (χ0n) is 20.5. The lowest BCUT2D eigenvalue weighted by molar-refractivity contribution is -0.274. The number of hydrogen-bond acceptors (Lipinski definition) is 5. The Morgan fingerprint density at radius 2 is 1.84 bits per heavy atom. The molecular formula is C26H28ClF4N3O3. The highest BCUT2D eigenvalue weighted by Gasteiger charge is 2.31. The van der Waals surface area contributed by atoms with Crippen LogP contribution in [0.2, 0.25) is 5.02 Å². The second-order valence-corrected chi connectivity index (χ2v) is 8.41. The smallest absolute Gasteiger partial charge is 0.406 e. The lowest BCUT2D eigenvalue weighted by atomic mass is 10.00. The predicted molar refractivity (Wildman–Crippen MR) is 136 cm³/mol. The van der Waals surface area contributed by atoms with Gasteiger partial charge in [-0.3, -0.25) is 4.79 Å². The summed E-state index contributed by atoms with van der Waals surface area (Å²) in [5.74, 6) is -1.54. The Labute approximate surface area is 217 Å².